The van der Waals surface area contributed by atoms with Gasteiger partial charge in [-0.25, -0.2) is 4.79 Å². The van der Waals surface area contributed by atoms with Gasteiger partial charge in [-0.1, -0.05) is 42.5 Å². The molecule has 3 aromatic rings. The van der Waals surface area contributed by atoms with Gasteiger partial charge in [-0.2, -0.15) is 0 Å². The standard InChI is InChI=1S/C25H21N3O5/c1-33-25(32)27-19-10-7-16(8-11-19)14-26-22(29)18-9-12-20-21(13-18)24(31)28(23(20)30)15-17-5-3-2-4-6-17/h2-13H,14-15H2,1H3,(H,26,29)(H,27,32). The first-order chi connectivity index (χ1) is 16.0. The smallest absolute Gasteiger partial charge is 0.411 e. The van der Waals surface area contributed by atoms with Crippen molar-refractivity contribution >= 4 is 29.5 Å². The van der Waals surface area contributed by atoms with Crippen LogP contribution >= 0.6 is 0 Å². The Kier molecular flexibility index (Phi) is 6.17. The van der Waals surface area contributed by atoms with E-state index in [2.05, 4.69) is 15.4 Å². The Bertz CT molecular complexity index is 1220. The molecule has 0 aliphatic carbocycles. The van der Waals surface area contributed by atoms with Gasteiger partial charge in [-0.3, -0.25) is 24.6 Å². The molecule has 0 radical (unpaired) electrons. The number of benzene rings is 3. The zero-order valence-corrected chi connectivity index (χ0v) is 17.8. The molecule has 33 heavy (non-hydrogen) atoms. The van der Waals surface area contributed by atoms with Crippen molar-refractivity contribution in [1.29, 1.82) is 0 Å². The number of hydrogen-bond acceptors (Lipinski definition) is 5. The van der Waals surface area contributed by atoms with Gasteiger partial charge < -0.3 is 10.1 Å². The molecule has 166 valence electrons. The molecule has 1 aliphatic rings. The van der Waals surface area contributed by atoms with E-state index in [0.717, 1.165) is 11.1 Å². The number of anilines is 1. The monoisotopic (exact) mass is 443 g/mol. The summed E-state index contributed by atoms with van der Waals surface area (Å²) in [6, 6.07) is 20.7. The van der Waals surface area contributed by atoms with Crippen LogP contribution in [0.3, 0.4) is 0 Å². The Morgan fingerprint density at radius 3 is 2.24 bits per heavy atom. The number of imide groups is 1. The number of ether oxygens (including phenoxy) is 1. The number of hydrogen-bond donors (Lipinski definition) is 2. The van der Waals surface area contributed by atoms with E-state index < -0.39 is 12.0 Å². The second-order valence-electron chi connectivity index (χ2n) is 7.44. The highest BCUT2D eigenvalue weighted by atomic mass is 16.5. The van der Waals surface area contributed by atoms with Crippen LogP contribution in [0.25, 0.3) is 0 Å². The lowest BCUT2D eigenvalue weighted by Crippen LogP contribution is -2.29. The first-order valence-electron chi connectivity index (χ1n) is 10.2. The molecule has 8 nitrogen and oxygen atoms in total. The fraction of sp³-hybridized carbons (Fsp3) is 0.120. The van der Waals surface area contributed by atoms with Crippen LogP contribution in [0.1, 0.15) is 42.2 Å². The van der Waals surface area contributed by atoms with Crippen LogP contribution in [0.2, 0.25) is 0 Å². The summed E-state index contributed by atoms with van der Waals surface area (Å²) in [7, 11) is 1.28. The number of nitrogens with zero attached hydrogens (tertiary/aromatic N) is 1. The Balaban J connectivity index is 1.41. The van der Waals surface area contributed by atoms with Gasteiger partial charge in [0.1, 0.15) is 0 Å². The maximum atomic E-state index is 12.8. The minimum absolute atomic E-state index is 0.176. The molecule has 0 bridgehead atoms. The fourth-order valence-corrected chi connectivity index (χ4v) is 3.50. The van der Waals surface area contributed by atoms with Gasteiger partial charge in [0.25, 0.3) is 17.7 Å². The number of rotatable bonds is 6. The van der Waals surface area contributed by atoms with Crippen LogP contribution < -0.4 is 10.6 Å². The molecule has 0 spiro atoms. The maximum Gasteiger partial charge on any atom is 0.411 e. The van der Waals surface area contributed by atoms with Crippen LogP contribution in [0, 0.1) is 0 Å². The summed E-state index contributed by atoms with van der Waals surface area (Å²) in [5.41, 5.74) is 3.04. The van der Waals surface area contributed by atoms with Crippen molar-refractivity contribution in [2.75, 3.05) is 12.4 Å². The van der Waals surface area contributed by atoms with Crippen molar-refractivity contribution < 1.29 is 23.9 Å². The van der Waals surface area contributed by atoms with Gasteiger partial charge in [0.15, 0.2) is 0 Å². The average molecular weight is 443 g/mol. The lowest BCUT2D eigenvalue weighted by molar-refractivity contribution is 0.0642. The number of carbonyl (C=O) groups is 4. The quantitative estimate of drug-likeness (QED) is 0.567. The van der Waals surface area contributed by atoms with Crippen molar-refractivity contribution in [2.45, 2.75) is 13.1 Å². The van der Waals surface area contributed by atoms with Crippen LogP contribution in [-0.4, -0.2) is 35.8 Å². The van der Waals surface area contributed by atoms with Gasteiger partial charge in [-0.05, 0) is 41.5 Å². The predicted octanol–water partition coefficient (Wildman–Crippen LogP) is 3.59. The summed E-state index contributed by atoms with van der Waals surface area (Å²) in [6.07, 6.45) is -0.567. The second-order valence-corrected chi connectivity index (χ2v) is 7.44. The lowest BCUT2D eigenvalue weighted by atomic mass is 10.1. The third-order valence-corrected chi connectivity index (χ3v) is 5.26. The molecule has 0 saturated carbocycles. The van der Waals surface area contributed by atoms with E-state index in [1.165, 1.54) is 30.2 Å². The molecule has 4 rings (SSSR count). The highest BCUT2D eigenvalue weighted by molar-refractivity contribution is 6.22. The van der Waals surface area contributed by atoms with Crippen LogP contribution in [0.5, 0.6) is 0 Å². The number of nitrogens with one attached hydrogen (secondary N) is 2. The van der Waals surface area contributed by atoms with Crippen molar-refractivity contribution in [3.05, 3.63) is 101 Å². The molecule has 0 saturated heterocycles. The van der Waals surface area contributed by atoms with Crippen LogP contribution in [0.4, 0.5) is 10.5 Å². The Morgan fingerprint density at radius 1 is 0.848 bits per heavy atom. The Morgan fingerprint density at radius 2 is 1.55 bits per heavy atom. The van der Waals surface area contributed by atoms with E-state index in [9.17, 15) is 19.2 Å². The van der Waals surface area contributed by atoms with E-state index >= 15 is 0 Å². The number of fused-ring (bicyclic) bond motifs is 1. The van der Waals surface area contributed by atoms with Crippen molar-refractivity contribution in [1.82, 2.24) is 10.2 Å². The van der Waals surface area contributed by atoms with E-state index in [-0.39, 0.29) is 30.5 Å². The summed E-state index contributed by atoms with van der Waals surface area (Å²) in [6.45, 7) is 0.428. The molecular weight excluding hydrogens is 422 g/mol. The highest BCUT2D eigenvalue weighted by Crippen LogP contribution is 2.25. The number of amides is 4. The van der Waals surface area contributed by atoms with Crippen molar-refractivity contribution in [3.63, 3.8) is 0 Å². The summed E-state index contributed by atoms with van der Waals surface area (Å²) >= 11 is 0. The normalized spacial score (nSPS) is 12.3. The fourth-order valence-electron chi connectivity index (χ4n) is 3.50. The molecule has 1 heterocycles. The lowest BCUT2D eigenvalue weighted by Gasteiger charge is -2.13. The minimum atomic E-state index is -0.567. The molecule has 4 amide bonds. The van der Waals surface area contributed by atoms with E-state index in [4.69, 9.17) is 0 Å². The van der Waals surface area contributed by atoms with Gasteiger partial charge in [0.05, 0.1) is 24.8 Å². The first-order valence-corrected chi connectivity index (χ1v) is 10.2. The van der Waals surface area contributed by atoms with Crippen molar-refractivity contribution in [2.24, 2.45) is 0 Å². The maximum absolute atomic E-state index is 12.8. The van der Waals surface area contributed by atoms with E-state index in [0.29, 0.717) is 16.8 Å². The highest BCUT2D eigenvalue weighted by Gasteiger charge is 2.35. The SMILES string of the molecule is COC(=O)Nc1ccc(CNC(=O)c2ccc3c(c2)C(=O)N(Cc2ccccc2)C3=O)cc1. The average Bonchev–Trinajstić information content (AvgIpc) is 3.08. The molecule has 0 aromatic heterocycles. The van der Waals surface area contributed by atoms with Gasteiger partial charge >= 0.3 is 6.09 Å². The zero-order valence-electron chi connectivity index (χ0n) is 17.8. The molecule has 0 unspecified atom stereocenters. The summed E-state index contributed by atoms with van der Waals surface area (Å²) in [5.74, 6) is -1.15. The summed E-state index contributed by atoms with van der Waals surface area (Å²) in [4.78, 5) is 50.6. The molecule has 1 aliphatic heterocycles. The van der Waals surface area contributed by atoms with Gasteiger partial charge in [0.2, 0.25) is 0 Å². The zero-order chi connectivity index (χ0) is 23.4. The molecule has 8 heteroatoms. The molecule has 3 aromatic carbocycles. The second kappa shape index (κ2) is 9.35. The van der Waals surface area contributed by atoms with E-state index in [1.807, 2.05) is 30.3 Å². The third-order valence-electron chi connectivity index (χ3n) is 5.26. The number of carbonyl (C=O) groups excluding carboxylic acids is 4. The Hall–Kier alpha value is -4.46. The number of methoxy groups -OCH3 is 1. The van der Waals surface area contributed by atoms with Crippen LogP contribution in [0.15, 0.2) is 72.8 Å². The largest absolute Gasteiger partial charge is 0.453 e. The van der Waals surface area contributed by atoms with Gasteiger partial charge in [-0.15, -0.1) is 0 Å². The van der Waals surface area contributed by atoms with Crippen molar-refractivity contribution in [3.8, 4) is 0 Å². The van der Waals surface area contributed by atoms with Crippen LogP contribution in [-0.2, 0) is 17.8 Å². The molecule has 2 N–H and O–H groups in total. The summed E-state index contributed by atoms with van der Waals surface area (Å²) in [5, 5.41) is 5.34. The molecular formula is C25H21N3O5. The summed E-state index contributed by atoms with van der Waals surface area (Å²) < 4.78 is 4.54. The first kappa shape index (κ1) is 21.8. The predicted molar refractivity (Wildman–Crippen MR) is 121 cm³/mol. The van der Waals surface area contributed by atoms with E-state index in [1.54, 1.807) is 24.3 Å². The topological polar surface area (TPSA) is 105 Å². The molecule has 0 atom stereocenters. The van der Waals surface area contributed by atoms with Gasteiger partial charge in [0, 0.05) is 17.8 Å². The molecule has 0 fully saturated rings. The third kappa shape index (κ3) is 4.74. The Labute approximate surface area is 190 Å². The minimum Gasteiger partial charge on any atom is -0.453 e.